The third-order valence-corrected chi connectivity index (χ3v) is 6.19. The van der Waals surface area contributed by atoms with Crippen LogP contribution in [-0.4, -0.2) is 45.4 Å². The van der Waals surface area contributed by atoms with Gasteiger partial charge in [-0.25, -0.2) is 0 Å². The van der Waals surface area contributed by atoms with Crippen molar-refractivity contribution in [2.24, 2.45) is 0 Å². The Morgan fingerprint density at radius 3 is 2.41 bits per heavy atom. The molecule has 37 heavy (non-hydrogen) atoms. The summed E-state index contributed by atoms with van der Waals surface area (Å²) >= 11 is 0. The Labute approximate surface area is 215 Å². The minimum atomic E-state index is -0.559. The molecule has 2 aromatic heterocycles. The van der Waals surface area contributed by atoms with Crippen LogP contribution in [-0.2, 0) is 11.2 Å². The van der Waals surface area contributed by atoms with E-state index in [1.165, 1.54) is 0 Å². The average molecular weight is 490 g/mol. The summed E-state index contributed by atoms with van der Waals surface area (Å²) in [6.45, 7) is -0.143. The summed E-state index contributed by atoms with van der Waals surface area (Å²) < 4.78 is 0. The molecule has 0 radical (unpaired) electrons. The van der Waals surface area contributed by atoms with Gasteiger partial charge < -0.3 is 15.7 Å². The van der Waals surface area contributed by atoms with Gasteiger partial charge in [0.25, 0.3) is 0 Å². The molecule has 0 fully saturated rings. The smallest absolute Gasteiger partial charge is 0.245 e. The van der Waals surface area contributed by atoms with Gasteiger partial charge in [0.2, 0.25) is 5.91 Å². The van der Waals surface area contributed by atoms with Crippen molar-refractivity contribution in [2.45, 2.75) is 12.5 Å². The molecular weight excluding hydrogens is 462 g/mol. The minimum Gasteiger partial charge on any atom is -0.387 e. The molecule has 5 aromatic rings. The predicted molar refractivity (Wildman–Crippen MR) is 146 cm³/mol. The van der Waals surface area contributed by atoms with E-state index in [4.69, 9.17) is 0 Å². The standard InChI is InChI=1S/C30H27N5O2/c36-20-29(37)33-24(17-21-7-2-1-3-8-21)19-32-28-18-27(23-13-15-31-16-14-23)30(35-34-28)26-12-6-10-22-9-4-5-11-25(22)26/h1-16,18,24,36H,17,19-20H2,(H,32,34)(H,33,37)/t24-/m0/s1. The Morgan fingerprint density at radius 1 is 0.838 bits per heavy atom. The summed E-state index contributed by atoms with van der Waals surface area (Å²) in [5, 5.41) is 26.8. The van der Waals surface area contributed by atoms with Crippen molar-refractivity contribution in [1.82, 2.24) is 20.5 Å². The monoisotopic (exact) mass is 489 g/mol. The number of pyridine rings is 1. The number of aliphatic hydroxyl groups is 1. The quantitative estimate of drug-likeness (QED) is 0.282. The number of hydrogen-bond acceptors (Lipinski definition) is 6. The van der Waals surface area contributed by atoms with E-state index >= 15 is 0 Å². The predicted octanol–water partition coefficient (Wildman–Crippen LogP) is 4.49. The molecule has 1 amide bonds. The van der Waals surface area contributed by atoms with Crippen LogP contribution in [0.2, 0.25) is 0 Å². The Bertz CT molecular complexity index is 1490. The van der Waals surface area contributed by atoms with Gasteiger partial charge in [-0.05, 0) is 46.5 Å². The zero-order valence-corrected chi connectivity index (χ0v) is 20.2. The van der Waals surface area contributed by atoms with E-state index in [9.17, 15) is 9.90 Å². The summed E-state index contributed by atoms with van der Waals surface area (Å²) in [4.78, 5) is 16.1. The van der Waals surface area contributed by atoms with Crippen molar-refractivity contribution in [2.75, 3.05) is 18.5 Å². The van der Waals surface area contributed by atoms with Gasteiger partial charge in [0.05, 0.1) is 6.04 Å². The maximum atomic E-state index is 11.9. The van der Waals surface area contributed by atoms with E-state index in [-0.39, 0.29) is 6.04 Å². The van der Waals surface area contributed by atoms with E-state index in [0.29, 0.717) is 18.8 Å². The highest BCUT2D eigenvalue weighted by atomic mass is 16.3. The molecule has 7 nitrogen and oxygen atoms in total. The van der Waals surface area contributed by atoms with Crippen molar-refractivity contribution in [3.63, 3.8) is 0 Å². The molecule has 0 unspecified atom stereocenters. The van der Waals surface area contributed by atoms with Crippen LogP contribution >= 0.6 is 0 Å². The van der Waals surface area contributed by atoms with Gasteiger partial charge in [0, 0.05) is 30.1 Å². The number of carbonyl (C=O) groups excluding carboxylic acids is 1. The molecule has 3 aromatic carbocycles. The van der Waals surface area contributed by atoms with Crippen LogP contribution in [0.15, 0.2) is 103 Å². The molecular formula is C30H27N5O2. The van der Waals surface area contributed by atoms with Crippen LogP contribution in [0.1, 0.15) is 5.56 Å². The second-order valence-electron chi connectivity index (χ2n) is 8.75. The number of benzene rings is 3. The lowest BCUT2D eigenvalue weighted by atomic mass is 9.96. The van der Waals surface area contributed by atoms with Crippen molar-refractivity contribution in [3.05, 3.63) is 109 Å². The van der Waals surface area contributed by atoms with E-state index < -0.39 is 12.5 Å². The van der Waals surface area contributed by atoms with E-state index in [2.05, 4.69) is 50.1 Å². The maximum Gasteiger partial charge on any atom is 0.245 e. The van der Waals surface area contributed by atoms with Gasteiger partial charge in [-0.2, -0.15) is 0 Å². The molecule has 5 rings (SSSR count). The zero-order chi connectivity index (χ0) is 25.5. The van der Waals surface area contributed by atoms with Gasteiger partial charge in [0.15, 0.2) is 0 Å². The molecule has 7 heteroatoms. The summed E-state index contributed by atoms with van der Waals surface area (Å²) in [6.07, 6.45) is 4.13. The minimum absolute atomic E-state index is 0.244. The van der Waals surface area contributed by atoms with Crippen LogP contribution in [0.4, 0.5) is 5.82 Å². The Hall–Kier alpha value is -4.62. The molecule has 184 valence electrons. The molecule has 0 spiro atoms. The van der Waals surface area contributed by atoms with Gasteiger partial charge in [-0.1, -0.05) is 72.8 Å². The molecule has 0 bridgehead atoms. The maximum absolute atomic E-state index is 11.9. The van der Waals surface area contributed by atoms with Crippen LogP contribution in [0, 0.1) is 0 Å². The highest BCUT2D eigenvalue weighted by Gasteiger charge is 2.16. The summed E-state index contributed by atoms with van der Waals surface area (Å²) in [5.41, 5.74) is 4.77. The zero-order valence-electron chi connectivity index (χ0n) is 20.2. The van der Waals surface area contributed by atoms with E-state index in [1.54, 1.807) is 12.4 Å². The molecule has 0 aliphatic heterocycles. The van der Waals surface area contributed by atoms with Gasteiger partial charge in [-0.15, -0.1) is 10.2 Å². The molecule has 2 heterocycles. The first kappa shape index (κ1) is 24.1. The van der Waals surface area contributed by atoms with Crippen molar-refractivity contribution >= 4 is 22.5 Å². The van der Waals surface area contributed by atoms with E-state index in [0.717, 1.165) is 38.7 Å². The van der Waals surface area contributed by atoms with Crippen molar-refractivity contribution in [1.29, 1.82) is 0 Å². The van der Waals surface area contributed by atoms with Crippen LogP contribution in [0.25, 0.3) is 33.2 Å². The van der Waals surface area contributed by atoms with Gasteiger partial charge >= 0.3 is 0 Å². The Morgan fingerprint density at radius 2 is 1.59 bits per heavy atom. The number of anilines is 1. The molecule has 3 N–H and O–H groups in total. The fourth-order valence-corrected chi connectivity index (χ4v) is 4.43. The lowest BCUT2D eigenvalue weighted by Gasteiger charge is -2.20. The van der Waals surface area contributed by atoms with Crippen molar-refractivity contribution in [3.8, 4) is 22.4 Å². The number of carbonyl (C=O) groups is 1. The fraction of sp³-hybridized carbons (Fsp3) is 0.133. The highest BCUT2D eigenvalue weighted by molar-refractivity contribution is 5.99. The normalized spacial score (nSPS) is 11.7. The second-order valence-corrected chi connectivity index (χ2v) is 8.75. The summed E-state index contributed by atoms with van der Waals surface area (Å²) in [5.74, 6) is 0.171. The number of fused-ring (bicyclic) bond motifs is 1. The molecule has 1 atom stereocenters. The second kappa shape index (κ2) is 11.4. The number of amides is 1. The molecule has 0 aliphatic carbocycles. The van der Waals surface area contributed by atoms with Crippen LogP contribution in [0.5, 0.6) is 0 Å². The number of nitrogens with one attached hydrogen (secondary N) is 2. The molecule has 0 saturated heterocycles. The Balaban J connectivity index is 1.47. The topological polar surface area (TPSA) is 100 Å². The number of aromatic nitrogens is 3. The van der Waals surface area contributed by atoms with Gasteiger partial charge in [-0.3, -0.25) is 9.78 Å². The third-order valence-electron chi connectivity index (χ3n) is 6.19. The first-order valence-electron chi connectivity index (χ1n) is 12.2. The fourth-order valence-electron chi connectivity index (χ4n) is 4.43. The highest BCUT2D eigenvalue weighted by Crippen LogP contribution is 2.35. The van der Waals surface area contributed by atoms with Crippen molar-refractivity contribution < 1.29 is 9.90 Å². The first-order chi connectivity index (χ1) is 18.2. The Kier molecular flexibility index (Phi) is 7.43. The molecule has 0 saturated carbocycles. The van der Waals surface area contributed by atoms with Gasteiger partial charge in [0.1, 0.15) is 18.1 Å². The summed E-state index contributed by atoms with van der Waals surface area (Å²) in [7, 11) is 0. The average Bonchev–Trinajstić information content (AvgIpc) is 2.96. The molecule has 0 aliphatic rings. The number of hydrogen-bond donors (Lipinski definition) is 3. The number of aliphatic hydroxyl groups excluding tert-OH is 1. The van der Waals surface area contributed by atoms with E-state index in [1.807, 2.05) is 66.7 Å². The van der Waals surface area contributed by atoms with Crippen LogP contribution < -0.4 is 10.6 Å². The summed E-state index contributed by atoms with van der Waals surface area (Å²) in [6, 6.07) is 29.9. The first-order valence-corrected chi connectivity index (χ1v) is 12.2. The van der Waals surface area contributed by atoms with Crippen LogP contribution in [0.3, 0.4) is 0 Å². The SMILES string of the molecule is O=C(CO)N[C@H](CNc1cc(-c2ccncc2)c(-c2cccc3ccccc23)nn1)Cc1ccccc1. The third kappa shape index (κ3) is 5.79. The number of nitrogens with zero attached hydrogens (tertiary/aromatic N) is 3. The lowest BCUT2D eigenvalue weighted by Crippen LogP contribution is -2.42. The largest absolute Gasteiger partial charge is 0.387 e. The lowest BCUT2D eigenvalue weighted by molar-refractivity contribution is -0.124. The number of rotatable bonds is 9.